The zero-order valence-corrected chi connectivity index (χ0v) is 17.3. The van der Waals surface area contributed by atoms with Crippen LogP contribution in [-0.4, -0.2) is 53.9 Å². The molecule has 1 heterocycles. The van der Waals surface area contributed by atoms with E-state index in [2.05, 4.69) is 4.72 Å². The van der Waals surface area contributed by atoms with Gasteiger partial charge in [0.2, 0.25) is 0 Å². The number of hydrogen-bond donors (Lipinski definition) is 5. The second-order valence-corrected chi connectivity index (χ2v) is 9.81. The van der Waals surface area contributed by atoms with Crippen LogP contribution in [0.1, 0.15) is 11.1 Å². The molecule has 1 aliphatic rings. The Hall–Kier alpha value is -2.22. The number of nitrogens with one attached hydrogen (secondary N) is 1. The van der Waals surface area contributed by atoms with Crippen LogP contribution in [-0.2, 0) is 16.5 Å². The molecule has 1 fully saturated rings. The lowest BCUT2D eigenvalue weighted by molar-refractivity contribution is 0.182. The summed E-state index contributed by atoms with van der Waals surface area (Å²) in [7, 11) is -5.69. The number of phenols is 1. The maximum Gasteiger partial charge on any atom is 0.306 e. The number of phenolic OH excluding ortho intramolecular Hbond substituents is 1. The number of aliphatic hydroxyl groups excluding tert-OH is 1. The van der Waals surface area contributed by atoms with E-state index in [4.69, 9.17) is 8.92 Å². The van der Waals surface area contributed by atoms with Gasteiger partial charge in [0.1, 0.15) is 29.2 Å². The molecule has 2 aromatic rings. The van der Waals surface area contributed by atoms with Crippen molar-refractivity contribution >= 4 is 26.8 Å². The monoisotopic (exact) mass is 446 g/mol. The molecule has 10 nitrogen and oxygen atoms in total. The van der Waals surface area contributed by atoms with Gasteiger partial charge in [-0.25, -0.2) is 0 Å². The Morgan fingerprint density at radius 2 is 1.86 bits per heavy atom. The SMILES string of the molecule is COc1cc(Cc2ccc(N3CC(O)NS3(O)O)c(O)c2)cc(OS(C)(=O)=O)c1. The molecule has 1 aliphatic heterocycles. The first-order valence-electron chi connectivity index (χ1n) is 8.37. The number of anilines is 1. The van der Waals surface area contributed by atoms with Crippen molar-refractivity contribution in [1.29, 1.82) is 0 Å². The summed E-state index contributed by atoms with van der Waals surface area (Å²) in [5.74, 6) is 0.315. The maximum absolute atomic E-state index is 11.4. The normalized spacial score (nSPS) is 19.8. The largest absolute Gasteiger partial charge is 0.506 e. The minimum atomic E-state index is -3.70. The molecule has 1 saturated heterocycles. The summed E-state index contributed by atoms with van der Waals surface area (Å²) in [6.45, 7) is -0.0999. The molecule has 0 bridgehead atoms. The zero-order chi connectivity index (χ0) is 21.4. The zero-order valence-electron chi connectivity index (χ0n) is 15.6. The molecular formula is C17H22N2O8S2. The van der Waals surface area contributed by atoms with Crippen molar-refractivity contribution in [3.05, 3.63) is 47.5 Å². The molecule has 5 N–H and O–H groups in total. The Morgan fingerprint density at radius 1 is 1.17 bits per heavy atom. The molecule has 3 rings (SSSR count). The van der Waals surface area contributed by atoms with Crippen molar-refractivity contribution in [1.82, 2.24) is 4.72 Å². The molecule has 0 amide bonds. The molecular weight excluding hydrogens is 424 g/mol. The molecule has 2 aromatic carbocycles. The molecule has 0 aromatic heterocycles. The predicted octanol–water partition coefficient (Wildman–Crippen LogP) is 1.64. The maximum atomic E-state index is 11.4. The smallest absolute Gasteiger partial charge is 0.306 e. The lowest BCUT2D eigenvalue weighted by atomic mass is 10.0. The average Bonchev–Trinajstić information content (AvgIpc) is 2.85. The summed E-state index contributed by atoms with van der Waals surface area (Å²) in [5.41, 5.74) is 1.51. The van der Waals surface area contributed by atoms with Crippen LogP contribution in [0.15, 0.2) is 36.4 Å². The van der Waals surface area contributed by atoms with Gasteiger partial charge in [0.15, 0.2) is 0 Å². The number of aromatic hydroxyl groups is 1. The lowest BCUT2D eigenvalue weighted by Gasteiger charge is -2.36. The van der Waals surface area contributed by atoms with Gasteiger partial charge in [-0.05, 0) is 41.8 Å². The number of nitrogens with zero attached hydrogens (tertiary/aromatic N) is 1. The fraction of sp³-hybridized carbons (Fsp3) is 0.294. The molecule has 29 heavy (non-hydrogen) atoms. The first kappa shape index (κ1) is 21.5. The van der Waals surface area contributed by atoms with Gasteiger partial charge in [-0.3, -0.25) is 13.4 Å². The number of hydrogen-bond acceptors (Lipinski definition) is 10. The van der Waals surface area contributed by atoms with Crippen LogP contribution in [0.4, 0.5) is 5.69 Å². The first-order valence-corrected chi connectivity index (χ1v) is 11.7. The summed E-state index contributed by atoms with van der Waals surface area (Å²) in [4.78, 5) is 0. The summed E-state index contributed by atoms with van der Waals surface area (Å²) in [6, 6.07) is 9.33. The number of β-amino-alcohol motifs (C(OH)–C–C–N with tert-alkyl or cyclic N) is 1. The van der Waals surface area contributed by atoms with Crippen LogP contribution >= 0.6 is 11.0 Å². The second-order valence-electron chi connectivity index (χ2n) is 6.52. The third kappa shape index (κ3) is 5.23. The molecule has 0 saturated carbocycles. The van der Waals surface area contributed by atoms with E-state index in [0.717, 1.165) is 10.6 Å². The Morgan fingerprint density at radius 3 is 2.41 bits per heavy atom. The Bertz CT molecular complexity index is 1010. The van der Waals surface area contributed by atoms with Crippen molar-refractivity contribution in [2.75, 3.05) is 24.2 Å². The van der Waals surface area contributed by atoms with E-state index in [9.17, 15) is 27.7 Å². The third-order valence-corrected chi connectivity index (χ3v) is 6.12. The number of aliphatic hydroxyl groups is 1. The summed E-state index contributed by atoms with van der Waals surface area (Å²) < 4.78 is 56.2. The second kappa shape index (κ2) is 7.89. The molecule has 0 spiro atoms. The highest BCUT2D eigenvalue weighted by molar-refractivity contribution is 8.24. The average molecular weight is 447 g/mol. The van der Waals surface area contributed by atoms with Gasteiger partial charge in [0.05, 0.1) is 19.9 Å². The van der Waals surface area contributed by atoms with Crippen molar-refractivity contribution in [3.8, 4) is 17.2 Å². The lowest BCUT2D eigenvalue weighted by Crippen LogP contribution is -2.25. The summed E-state index contributed by atoms with van der Waals surface area (Å²) >= 11 is 0. The van der Waals surface area contributed by atoms with Gasteiger partial charge in [-0.1, -0.05) is 17.0 Å². The minimum absolute atomic E-state index is 0.0999. The Labute approximate surface area is 170 Å². The predicted molar refractivity (Wildman–Crippen MR) is 109 cm³/mol. The highest BCUT2D eigenvalue weighted by Crippen LogP contribution is 2.49. The first-order chi connectivity index (χ1) is 13.5. The van der Waals surface area contributed by atoms with E-state index in [1.165, 1.54) is 25.3 Å². The van der Waals surface area contributed by atoms with E-state index in [1.807, 2.05) is 0 Å². The van der Waals surface area contributed by atoms with Gasteiger partial charge in [-0.2, -0.15) is 13.1 Å². The quantitative estimate of drug-likeness (QED) is 0.415. The molecule has 1 unspecified atom stereocenters. The highest BCUT2D eigenvalue weighted by atomic mass is 32.3. The van der Waals surface area contributed by atoms with Crippen LogP contribution in [0.25, 0.3) is 0 Å². The Balaban J connectivity index is 1.86. The van der Waals surface area contributed by atoms with E-state index in [0.29, 0.717) is 23.3 Å². The Kier molecular flexibility index (Phi) is 5.85. The summed E-state index contributed by atoms with van der Waals surface area (Å²) in [5, 5.41) is 20.0. The van der Waals surface area contributed by atoms with Gasteiger partial charge in [0.25, 0.3) is 0 Å². The van der Waals surface area contributed by atoms with E-state index in [-0.39, 0.29) is 23.7 Å². The topological polar surface area (TPSA) is 149 Å². The van der Waals surface area contributed by atoms with E-state index < -0.39 is 27.3 Å². The van der Waals surface area contributed by atoms with Crippen LogP contribution < -0.4 is 17.9 Å². The van der Waals surface area contributed by atoms with Crippen LogP contribution in [0.3, 0.4) is 0 Å². The van der Waals surface area contributed by atoms with Gasteiger partial charge < -0.3 is 19.1 Å². The van der Waals surface area contributed by atoms with E-state index >= 15 is 0 Å². The number of benzene rings is 2. The van der Waals surface area contributed by atoms with Gasteiger partial charge in [0, 0.05) is 6.07 Å². The van der Waals surface area contributed by atoms with Crippen LogP contribution in [0.5, 0.6) is 17.2 Å². The molecule has 12 heteroatoms. The summed E-state index contributed by atoms with van der Waals surface area (Å²) in [6.07, 6.45) is 0.129. The minimum Gasteiger partial charge on any atom is -0.506 e. The van der Waals surface area contributed by atoms with Crippen LogP contribution in [0, 0.1) is 0 Å². The number of rotatable bonds is 6. The fourth-order valence-corrected chi connectivity index (χ4v) is 4.77. The van der Waals surface area contributed by atoms with Crippen LogP contribution in [0.2, 0.25) is 0 Å². The van der Waals surface area contributed by atoms with Crippen molar-refractivity contribution in [2.24, 2.45) is 0 Å². The molecule has 160 valence electrons. The number of ether oxygens (including phenoxy) is 1. The highest BCUT2D eigenvalue weighted by Gasteiger charge is 2.36. The fourth-order valence-electron chi connectivity index (χ4n) is 2.98. The number of methoxy groups -OCH3 is 1. The van der Waals surface area contributed by atoms with Gasteiger partial charge in [-0.15, -0.1) is 0 Å². The van der Waals surface area contributed by atoms with Crippen molar-refractivity contribution < 1.29 is 36.7 Å². The van der Waals surface area contributed by atoms with Gasteiger partial charge >= 0.3 is 10.1 Å². The molecule has 1 atom stereocenters. The third-order valence-electron chi connectivity index (χ3n) is 4.08. The molecule has 0 radical (unpaired) electrons. The van der Waals surface area contributed by atoms with Crippen molar-refractivity contribution in [2.45, 2.75) is 12.6 Å². The van der Waals surface area contributed by atoms with Crippen molar-refractivity contribution in [3.63, 3.8) is 0 Å². The van der Waals surface area contributed by atoms with E-state index in [1.54, 1.807) is 18.2 Å². The molecule has 0 aliphatic carbocycles. The standard InChI is InChI=1S/C17H22N2O8S2/c1-26-13-6-12(7-14(9-13)27-28(2,22)23)5-11-3-4-15(16(20)8-11)19-10-17(21)18-29(19,24)25/h3-4,6-9,17-18,20-21,24-25H,5,10H2,1-2H3.